The van der Waals surface area contributed by atoms with E-state index in [1.165, 1.54) is 4.31 Å². The first-order valence-corrected chi connectivity index (χ1v) is 11.0. The maximum atomic E-state index is 12.1. The summed E-state index contributed by atoms with van der Waals surface area (Å²) in [5.74, 6) is 0. The van der Waals surface area contributed by atoms with Crippen LogP contribution in [0, 0.1) is 5.41 Å². The lowest BCUT2D eigenvalue weighted by Gasteiger charge is -2.38. The Morgan fingerprint density at radius 1 is 1.16 bits per heavy atom. The number of sulfonamides is 1. The number of rotatable bonds is 10. The number of hydrogen-bond donors (Lipinski definition) is 1. The first kappa shape index (κ1) is 24.8. The van der Waals surface area contributed by atoms with Crippen LogP contribution in [-0.2, 0) is 28.6 Å². The molecule has 10 heteroatoms. The van der Waals surface area contributed by atoms with Crippen LogP contribution in [0.4, 0.5) is 0 Å². The number of hydrogen-bond acceptors (Lipinski definition) is 6. The highest BCUT2D eigenvalue weighted by Gasteiger charge is 2.34. The van der Waals surface area contributed by atoms with E-state index in [1.54, 1.807) is 20.8 Å². The predicted octanol–water partition coefficient (Wildman–Crippen LogP) is 2.51. The molecule has 0 aromatic rings. The Hall–Kier alpha value is -0.150. The van der Waals surface area contributed by atoms with Crippen LogP contribution >= 0.6 is 8.25 Å². The molecule has 0 amide bonds. The van der Waals surface area contributed by atoms with Crippen LogP contribution in [0.5, 0.6) is 0 Å². The molecule has 0 radical (unpaired) electrons. The molecule has 8 nitrogen and oxygen atoms in total. The van der Waals surface area contributed by atoms with Crippen LogP contribution in [0.3, 0.4) is 0 Å². The monoisotopic (exact) mass is 402 g/mol. The standard InChI is InChI=1S/C15H32NO7PS/c1-12(14(2,3)4)23-13(10-21-11-22-24(17)18)9-16(15(5,6)7)25(8,19)20/h12-13H,9-11H2,1-8H3/p+1/t12-,13-/m0/s1. The summed E-state index contributed by atoms with van der Waals surface area (Å²) >= 11 is 0. The average molecular weight is 402 g/mol. The third-order valence-corrected chi connectivity index (χ3v) is 5.51. The quantitative estimate of drug-likeness (QED) is 0.340. The molecule has 0 aliphatic rings. The molecular weight excluding hydrogens is 369 g/mol. The van der Waals surface area contributed by atoms with Crippen LogP contribution in [0.2, 0.25) is 0 Å². The zero-order valence-corrected chi connectivity index (χ0v) is 18.2. The van der Waals surface area contributed by atoms with Crippen molar-refractivity contribution in [1.82, 2.24) is 4.31 Å². The van der Waals surface area contributed by atoms with Gasteiger partial charge in [0.2, 0.25) is 16.8 Å². The van der Waals surface area contributed by atoms with Crippen molar-refractivity contribution in [1.29, 1.82) is 0 Å². The molecule has 0 saturated heterocycles. The van der Waals surface area contributed by atoms with E-state index in [2.05, 4.69) is 4.52 Å². The summed E-state index contributed by atoms with van der Waals surface area (Å²) in [5.41, 5.74) is -0.758. The summed E-state index contributed by atoms with van der Waals surface area (Å²) in [6, 6.07) is 0. The molecule has 0 heterocycles. The van der Waals surface area contributed by atoms with E-state index in [0.29, 0.717) is 0 Å². The van der Waals surface area contributed by atoms with Gasteiger partial charge in [0.05, 0.1) is 25.1 Å². The van der Waals surface area contributed by atoms with E-state index in [9.17, 15) is 13.0 Å². The summed E-state index contributed by atoms with van der Waals surface area (Å²) in [6.45, 7) is 13.2. The Morgan fingerprint density at radius 3 is 2.04 bits per heavy atom. The lowest BCUT2D eigenvalue weighted by atomic mass is 9.90. The molecule has 0 rings (SSSR count). The maximum absolute atomic E-state index is 12.1. The number of nitrogens with zero attached hydrogens (tertiary/aromatic N) is 1. The minimum atomic E-state index is -3.45. The van der Waals surface area contributed by atoms with Crippen molar-refractivity contribution in [2.45, 2.75) is 66.2 Å². The van der Waals surface area contributed by atoms with Crippen molar-refractivity contribution in [3.05, 3.63) is 0 Å². The average Bonchev–Trinajstić information content (AvgIpc) is 2.35. The Labute approximate surface area is 152 Å². The van der Waals surface area contributed by atoms with E-state index in [0.717, 1.165) is 6.26 Å². The topological polar surface area (TPSA) is 102 Å². The second-order valence-electron chi connectivity index (χ2n) is 8.09. The molecule has 150 valence electrons. The lowest BCUT2D eigenvalue weighted by molar-refractivity contribution is -0.110. The largest absolute Gasteiger partial charge is 0.697 e. The van der Waals surface area contributed by atoms with Gasteiger partial charge in [0.1, 0.15) is 0 Å². The maximum Gasteiger partial charge on any atom is 0.697 e. The van der Waals surface area contributed by atoms with Gasteiger partial charge in [-0.3, -0.25) is 0 Å². The lowest BCUT2D eigenvalue weighted by Crippen LogP contribution is -2.51. The van der Waals surface area contributed by atoms with Crippen molar-refractivity contribution in [2.24, 2.45) is 5.41 Å². The van der Waals surface area contributed by atoms with Gasteiger partial charge < -0.3 is 9.47 Å². The highest BCUT2D eigenvalue weighted by molar-refractivity contribution is 7.88. The minimum Gasteiger partial charge on any atom is -0.371 e. The third kappa shape index (κ3) is 10.6. The normalized spacial score (nSPS) is 16.8. The molecule has 3 atom stereocenters. The van der Waals surface area contributed by atoms with Gasteiger partial charge in [-0.1, -0.05) is 25.3 Å². The highest BCUT2D eigenvalue weighted by Crippen LogP contribution is 2.25. The summed E-state index contributed by atoms with van der Waals surface area (Å²) in [4.78, 5) is 8.62. The molecule has 25 heavy (non-hydrogen) atoms. The van der Waals surface area contributed by atoms with Gasteiger partial charge in [0.25, 0.3) is 0 Å². The van der Waals surface area contributed by atoms with Gasteiger partial charge in [-0.15, -0.1) is 4.89 Å². The fraction of sp³-hybridized carbons (Fsp3) is 1.00. The van der Waals surface area contributed by atoms with Crippen LogP contribution < -0.4 is 0 Å². The van der Waals surface area contributed by atoms with Gasteiger partial charge in [0.15, 0.2) is 0 Å². The molecule has 0 aliphatic heterocycles. The molecule has 0 bridgehead atoms. The Kier molecular flexibility index (Phi) is 9.63. The first-order valence-electron chi connectivity index (χ1n) is 8.05. The molecule has 1 N–H and O–H groups in total. The minimum absolute atomic E-state index is 0.0334. The first-order chi connectivity index (χ1) is 11.0. The van der Waals surface area contributed by atoms with Crippen molar-refractivity contribution in [3.63, 3.8) is 0 Å². The van der Waals surface area contributed by atoms with E-state index in [1.807, 2.05) is 27.7 Å². The van der Waals surface area contributed by atoms with E-state index >= 15 is 0 Å². The molecular formula is C15H33NO7PS+. The van der Waals surface area contributed by atoms with Crippen LogP contribution in [-0.4, -0.2) is 61.6 Å². The van der Waals surface area contributed by atoms with Gasteiger partial charge in [0, 0.05) is 16.6 Å². The Balaban J connectivity index is 5.17. The van der Waals surface area contributed by atoms with Crippen LogP contribution in [0.25, 0.3) is 0 Å². The molecule has 0 fully saturated rings. The third-order valence-electron chi connectivity index (χ3n) is 3.68. The van der Waals surface area contributed by atoms with Gasteiger partial charge >= 0.3 is 8.25 Å². The number of ether oxygens (including phenoxy) is 2. The molecule has 0 aromatic heterocycles. The molecule has 0 aromatic carbocycles. The second kappa shape index (κ2) is 9.69. The predicted molar refractivity (Wildman–Crippen MR) is 96.8 cm³/mol. The molecule has 0 aliphatic carbocycles. The van der Waals surface area contributed by atoms with Gasteiger partial charge in [-0.2, -0.15) is 4.31 Å². The summed E-state index contributed by atoms with van der Waals surface area (Å²) in [7, 11) is -6.20. The molecule has 0 saturated carbocycles. The van der Waals surface area contributed by atoms with Crippen molar-refractivity contribution < 1.29 is 31.9 Å². The van der Waals surface area contributed by atoms with Crippen molar-refractivity contribution in [2.75, 3.05) is 26.2 Å². The summed E-state index contributed by atoms with van der Waals surface area (Å²) < 4.78 is 51.9. The Morgan fingerprint density at radius 2 is 1.68 bits per heavy atom. The van der Waals surface area contributed by atoms with Crippen LogP contribution in [0.15, 0.2) is 0 Å². The second-order valence-corrected chi connectivity index (χ2v) is 10.7. The summed E-state index contributed by atoms with van der Waals surface area (Å²) in [5, 5.41) is 0. The Bertz CT molecular complexity index is 525. The smallest absolute Gasteiger partial charge is 0.371 e. The van der Waals surface area contributed by atoms with Gasteiger partial charge in [-0.05, 0) is 33.1 Å². The van der Waals surface area contributed by atoms with Crippen molar-refractivity contribution in [3.8, 4) is 0 Å². The highest BCUT2D eigenvalue weighted by atomic mass is 32.2. The zero-order chi connectivity index (χ0) is 20.1. The molecule has 0 spiro atoms. The zero-order valence-electron chi connectivity index (χ0n) is 16.5. The molecule has 1 unspecified atom stereocenters. The van der Waals surface area contributed by atoms with Crippen LogP contribution in [0.1, 0.15) is 48.5 Å². The van der Waals surface area contributed by atoms with Gasteiger partial charge in [-0.25, -0.2) is 8.42 Å². The van der Waals surface area contributed by atoms with E-state index in [4.69, 9.17) is 14.4 Å². The summed E-state index contributed by atoms with van der Waals surface area (Å²) in [6.07, 6.45) is 0.448. The SMILES string of the molecule is C[C@H](O[C@H](COCO[P+](=O)O)CN(C(C)(C)C)S(C)(=O)=O)C(C)(C)C. The van der Waals surface area contributed by atoms with E-state index < -0.39 is 29.9 Å². The fourth-order valence-electron chi connectivity index (χ4n) is 1.98. The fourth-order valence-corrected chi connectivity index (χ4v) is 3.58. The van der Waals surface area contributed by atoms with E-state index in [-0.39, 0.29) is 31.5 Å². The van der Waals surface area contributed by atoms with Crippen molar-refractivity contribution >= 4 is 18.3 Å².